The third-order valence-electron chi connectivity index (χ3n) is 2.93. The summed E-state index contributed by atoms with van der Waals surface area (Å²) < 4.78 is 13.6. The molecule has 22 heavy (non-hydrogen) atoms. The van der Waals surface area contributed by atoms with Crippen molar-refractivity contribution in [2.45, 2.75) is 19.3 Å². The summed E-state index contributed by atoms with van der Waals surface area (Å²) in [5.41, 5.74) is 0.533. The number of nitrogens with one attached hydrogen (secondary N) is 1. The molecule has 5 nitrogen and oxygen atoms in total. The van der Waals surface area contributed by atoms with E-state index in [-0.39, 0.29) is 18.1 Å². The zero-order chi connectivity index (χ0) is 15.9. The molecule has 0 saturated heterocycles. The van der Waals surface area contributed by atoms with Crippen LogP contribution in [-0.2, 0) is 11.2 Å². The van der Waals surface area contributed by atoms with Gasteiger partial charge in [0.05, 0.1) is 11.2 Å². The van der Waals surface area contributed by atoms with Crippen LogP contribution in [0.4, 0.5) is 4.39 Å². The second-order valence-electron chi connectivity index (χ2n) is 4.64. The molecule has 0 radical (unpaired) electrons. The fraction of sp³-hybridized carbons (Fsp3) is 0.267. The third-order valence-corrected chi connectivity index (χ3v) is 3.93. The van der Waals surface area contributed by atoms with Gasteiger partial charge in [-0.15, -0.1) is 11.3 Å². The lowest BCUT2D eigenvalue weighted by Crippen LogP contribution is -2.24. The molecule has 2 rings (SSSR count). The first-order chi connectivity index (χ1) is 10.6. The molecular weight excluding hydrogens is 307 g/mol. The van der Waals surface area contributed by atoms with Gasteiger partial charge in [-0.05, 0) is 18.1 Å². The van der Waals surface area contributed by atoms with Crippen LogP contribution in [0.3, 0.4) is 0 Å². The highest BCUT2D eigenvalue weighted by atomic mass is 32.1. The highest BCUT2D eigenvalue weighted by Gasteiger charge is 2.12. The van der Waals surface area contributed by atoms with Gasteiger partial charge in [0.2, 0.25) is 0 Å². The average Bonchev–Trinajstić information content (AvgIpc) is 2.94. The Kier molecular flexibility index (Phi) is 5.60. The number of amides is 1. The smallest absolute Gasteiger partial charge is 0.303 e. The van der Waals surface area contributed by atoms with E-state index < -0.39 is 5.97 Å². The molecule has 1 amide bonds. The molecule has 0 aliphatic carbocycles. The number of carboxylic acids is 1. The second kappa shape index (κ2) is 7.65. The molecule has 0 spiro atoms. The molecule has 7 heteroatoms. The number of carbonyl (C=O) groups is 2. The lowest BCUT2D eigenvalue weighted by molar-refractivity contribution is -0.137. The summed E-state index contributed by atoms with van der Waals surface area (Å²) in [5.74, 6) is -1.47. The largest absolute Gasteiger partial charge is 0.481 e. The Hall–Kier alpha value is -2.28. The first kappa shape index (κ1) is 16.1. The van der Waals surface area contributed by atoms with Crippen molar-refractivity contribution in [2.75, 3.05) is 6.54 Å². The third kappa shape index (κ3) is 4.63. The summed E-state index contributed by atoms with van der Waals surface area (Å²) in [4.78, 5) is 26.8. The van der Waals surface area contributed by atoms with Gasteiger partial charge in [0.1, 0.15) is 10.7 Å². The topological polar surface area (TPSA) is 79.3 Å². The highest BCUT2D eigenvalue weighted by molar-refractivity contribution is 7.13. The number of aromatic nitrogens is 1. The Labute approximate surface area is 130 Å². The summed E-state index contributed by atoms with van der Waals surface area (Å²) in [6.07, 6.45) is 2.18. The molecule has 2 aromatic rings. The van der Waals surface area contributed by atoms with Crippen molar-refractivity contribution in [3.05, 3.63) is 51.7 Å². The number of carbonyl (C=O) groups excluding carboxylic acids is 1. The van der Waals surface area contributed by atoms with E-state index in [0.29, 0.717) is 34.8 Å². The van der Waals surface area contributed by atoms with Gasteiger partial charge in [0.25, 0.3) is 5.91 Å². The molecule has 1 aromatic heterocycles. The maximum atomic E-state index is 13.6. The van der Waals surface area contributed by atoms with Crippen LogP contribution in [-0.4, -0.2) is 28.5 Å². The van der Waals surface area contributed by atoms with E-state index in [1.165, 1.54) is 23.6 Å². The highest BCUT2D eigenvalue weighted by Crippen LogP contribution is 2.18. The Morgan fingerprint density at radius 3 is 2.82 bits per heavy atom. The van der Waals surface area contributed by atoms with Crippen molar-refractivity contribution in [1.82, 2.24) is 10.3 Å². The minimum atomic E-state index is -0.890. The van der Waals surface area contributed by atoms with Crippen molar-refractivity contribution in [1.29, 1.82) is 0 Å². The summed E-state index contributed by atoms with van der Waals surface area (Å²) in [5, 5.41) is 11.8. The molecule has 0 aliphatic rings. The van der Waals surface area contributed by atoms with E-state index in [9.17, 15) is 14.0 Å². The second-order valence-corrected chi connectivity index (χ2v) is 5.75. The van der Waals surface area contributed by atoms with Crippen molar-refractivity contribution < 1.29 is 19.1 Å². The number of aliphatic carboxylic acids is 1. The van der Waals surface area contributed by atoms with Gasteiger partial charge >= 0.3 is 5.97 Å². The molecule has 0 bridgehead atoms. The molecule has 0 aliphatic heterocycles. The number of halogens is 1. The number of hydrogen-bond acceptors (Lipinski definition) is 4. The predicted octanol–water partition coefficient (Wildman–Crippen LogP) is 2.47. The molecule has 1 aromatic carbocycles. The molecule has 0 unspecified atom stereocenters. The zero-order valence-corrected chi connectivity index (χ0v) is 12.5. The van der Waals surface area contributed by atoms with E-state index >= 15 is 0 Å². The predicted molar refractivity (Wildman–Crippen MR) is 80.5 cm³/mol. The molecule has 0 atom stereocenters. The summed E-state index contributed by atoms with van der Waals surface area (Å²) in [7, 11) is 0. The Bertz CT molecular complexity index is 672. The van der Waals surface area contributed by atoms with Crippen molar-refractivity contribution in [2.24, 2.45) is 0 Å². The average molecular weight is 322 g/mol. The Balaban J connectivity index is 1.89. The number of hydrogen-bond donors (Lipinski definition) is 2. The molecular formula is C15H15FN2O3S. The standard InChI is InChI=1S/C15H15FN2O3S/c16-11-5-2-1-4-10(11)8-13-18-9-12(22-13)15(21)17-7-3-6-14(19)20/h1-2,4-5,9H,3,6-8H2,(H,17,21)(H,19,20). The van der Waals surface area contributed by atoms with Crippen LogP contribution in [0.25, 0.3) is 0 Å². The summed E-state index contributed by atoms with van der Waals surface area (Å²) >= 11 is 1.20. The minimum absolute atomic E-state index is 0.0154. The fourth-order valence-corrected chi connectivity index (χ4v) is 2.69. The lowest BCUT2D eigenvalue weighted by atomic mass is 10.1. The van der Waals surface area contributed by atoms with Gasteiger partial charge in [-0.1, -0.05) is 18.2 Å². The van der Waals surface area contributed by atoms with E-state index in [1.54, 1.807) is 18.2 Å². The Morgan fingerprint density at radius 2 is 2.09 bits per heavy atom. The van der Waals surface area contributed by atoms with Crippen LogP contribution in [0.5, 0.6) is 0 Å². The molecule has 1 heterocycles. The molecule has 0 fully saturated rings. The number of carboxylic acid groups (broad SMARTS) is 1. The number of benzene rings is 1. The fourth-order valence-electron chi connectivity index (χ4n) is 1.83. The van der Waals surface area contributed by atoms with E-state index in [2.05, 4.69) is 10.3 Å². The monoisotopic (exact) mass is 322 g/mol. The van der Waals surface area contributed by atoms with Crippen molar-refractivity contribution >= 4 is 23.2 Å². The molecule has 0 saturated carbocycles. The van der Waals surface area contributed by atoms with Gasteiger partial charge in [0, 0.05) is 19.4 Å². The van der Waals surface area contributed by atoms with E-state index in [4.69, 9.17) is 5.11 Å². The summed E-state index contributed by atoms with van der Waals surface area (Å²) in [6, 6.07) is 6.44. The van der Waals surface area contributed by atoms with Crippen LogP contribution in [0.1, 0.15) is 33.1 Å². The number of nitrogens with zero attached hydrogens (tertiary/aromatic N) is 1. The first-order valence-corrected chi connectivity index (χ1v) is 7.56. The van der Waals surface area contributed by atoms with Gasteiger partial charge < -0.3 is 10.4 Å². The van der Waals surface area contributed by atoms with Crippen LogP contribution < -0.4 is 5.32 Å². The van der Waals surface area contributed by atoms with Crippen LogP contribution >= 0.6 is 11.3 Å². The van der Waals surface area contributed by atoms with Gasteiger partial charge in [-0.2, -0.15) is 0 Å². The minimum Gasteiger partial charge on any atom is -0.481 e. The number of thiazole rings is 1. The molecule has 116 valence electrons. The van der Waals surface area contributed by atoms with Gasteiger partial charge in [0.15, 0.2) is 0 Å². The van der Waals surface area contributed by atoms with Crippen LogP contribution in [0.15, 0.2) is 30.5 Å². The van der Waals surface area contributed by atoms with Crippen molar-refractivity contribution in [3.63, 3.8) is 0 Å². The quantitative estimate of drug-likeness (QED) is 0.768. The summed E-state index contributed by atoms with van der Waals surface area (Å²) in [6.45, 7) is 0.297. The maximum Gasteiger partial charge on any atom is 0.303 e. The zero-order valence-electron chi connectivity index (χ0n) is 11.7. The normalized spacial score (nSPS) is 10.4. The van der Waals surface area contributed by atoms with Crippen LogP contribution in [0.2, 0.25) is 0 Å². The van der Waals surface area contributed by atoms with Crippen molar-refractivity contribution in [3.8, 4) is 0 Å². The van der Waals surface area contributed by atoms with E-state index in [0.717, 1.165) is 0 Å². The van der Waals surface area contributed by atoms with Gasteiger partial charge in [-0.3, -0.25) is 9.59 Å². The van der Waals surface area contributed by atoms with Gasteiger partial charge in [-0.25, -0.2) is 9.37 Å². The SMILES string of the molecule is O=C(O)CCCNC(=O)c1cnc(Cc2ccccc2F)s1. The van der Waals surface area contributed by atoms with E-state index in [1.807, 2.05) is 0 Å². The number of rotatable bonds is 7. The maximum absolute atomic E-state index is 13.6. The molecule has 2 N–H and O–H groups in total. The first-order valence-electron chi connectivity index (χ1n) is 6.74. The lowest BCUT2D eigenvalue weighted by Gasteiger charge is -2.01. The Morgan fingerprint density at radius 1 is 1.32 bits per heavy atom. The van der Waals surface area contributed by atoms with Crippen LogP contribution in [0, 0.1) is 5.82 Å².